The Morgan fingerprint density at radius 3 is 2.76 bits per heavy atom. The van der Waals surface area contributed by atoms with E-state index in [2.05, 4.69) is 10.5 Å². The van der Waals surface area contributed by atoms with E-state index >= 15 is 0 Å². The van der Waals surface area contributed by atoms with E-state index in [1.807, 2.05) is 0 Å². The van der Waals surface area contributed by atoms with Crippen LogP contribution in [0.4, 0.5) is 0 Å². The van der Waals surface area contributed by atoms with E-state index in [1.54, 1.807) is 43.3 Å². The molecule has 6 heteroatoms. The Bertz CT molecular complexity index is 791. The van der Waals surface area contributed by atoms with Gasteiger partial charge in [-0.25, -0.2) is 5.43 Å². The lowest BCUT2D eigenvalue weighted by Crippen LogP contribution is -2.12. The lowest BCUT2D eigenvalue weighted by atomic mass is 10.1. The summed E-state index contributed by atoms with van der Waals surface area (Å²) in [5.74, 6) is 0.885. The molecule has 0 unspecified atom stereocenters. The van der Waals surface area contributed by atoms with E-state index in [-0.39, 0.29) is 5.91 Å². The minimum absolute atomic E-state index is 0.244. The van der Waals surface area contributed by atoms with Crippen LogP contribution in [0.25, 0.3) is 17.4 Å². The van der Waals surface area contributed by atoms with Crippen molar-refractivity contribution in [2.24, 2.45) is 5.10 Å². The van der Waals surface area contributed by atoms with Gasteiger partial charge in [-0.3, -0.25) is 4.79 Å². The molecule has 1 aromatic heterocycles. The zero-order valence-corrected chi connectivity index (χ0v) is 12.5. The number of nitrogens with one attached hydrogen (secondary N) is 1. The Kier molecular flexibility index (Phi) is 3.57. The van der Waals surface area contributed by atoms with Crippen molar-refractivity contribution in [2.45, 2.75) is 6.92 Å². The van der Waals surface area contributed by atoms with Crippen LogP contribution in [0.15, 0.2) is 45.4 Å². The number of benzene rings is 1. The number of carbonyl (C=O) groups is 1. The summed E-state index contributed by atoms with van der Waals surface area (Å²) in [5.41, 5.74) is 4.20. The number of carbonyl (C=O) groups excluding carboxylic acids is 1. The first kappa shape index (κ1) is 13.9. The highest BCUT2D eigenvalue weighted by atomic mass is 35.5. The lowest BCUT2D eigenvalue weighted by molar-refractivity contribution is -0.116. The van der Waals surface area contributed by atoms with Gasteiger partial charge >= 0.3 is 0 Å². The average molecular weight is 321 g/mol. The zero-order valence-electron chi connectivity index (χ0n) is 11.0. The predicted octanol–water partition coefficient (Wildman–Crippen LogP) is 4.14. The van der Waals surface area contributed by atoms with Gasteiger partial charge in [0.15, 0.2) is 0 Å². The van der Waals surface area contributed by atoms with Gasteiger partial charge < -0.3 is 4.42 Å². The molecular formula is C15H10Cl2N2O2. The normalized spacial score (nSPS) is 16.2. The van der Waals surface area contributed by atoms with Gasteiger partial charge in [0.1, 0.15) is 11.5 Å². The van der Waals surface area contributed by atoms with Gasteiger partial charge in [-0.1, -0.05) is 23.2 Å². The van der Waals surface area contributed by atoms with Crippen molar-refractivity contribution in [3.8, 4) is 11.3 Å². The fourth-order valence-electron chi connectivity index (χ4n) is 1.99. The van der Waals surface area contributed by atoms with Gasteiger partial charge in [0, 0.05) is 10.6 Å². The van der Waals surface area contributed by atoms with Gasteiger partial charge in [-0.2, -0.15) is 5.10 Å². The zero-order chi connectivity index (χ0) is 15.0. The smallest absolute Gasteiger partial charge is 0.273 e. The van der Waals surface area contributed by atoms with Crippen LogP contribution < -0.4 is 5.43 Å². The van der Waals surface area contributed by atoms with Crippen molar-refractivity contribution < 1.29 is 9.21 Å². The minimum atomic E-state index is -0.244. The minimum Gasteiger partial charge on any atom is -0.457 e. The predicted molar refractivity (Wildman–Crippen MR) is 83.4 cm³/mol. The molecule has 4 nitrogen and oxygen atoms in total. The second-order valence-corrected chi connectivity index (χ2v) is 5.37. The fraction of sp³-hybridized carbons (Fsp3) is 0.0667. The van der Waals surface area contributed by atoms with Gasteiger partial charge in [-0.05, 0) is 43.3 Å². The lowest BCUT2D eigenvalue weighted by Gasteiger charge is -2.01. The molecule has 0 atom stereocenters. The van der Waals surface area contributed by atoms with Crippen LogP contribution in [-0.2, 0) is 4.79 Å². The Morgan fingerprint density at radius 2 is 2.05 bits per heavy atom. The third kappa shape index (κ3) is 2.73. The summed E-state index contributed by atoms with van der Waals surface area (Å²) < 4.78 is 5.71. The molecule has 106 valence electrons. The third-order valence-corrected chi connectivity index (χ3v) is 3.63. The van der Waals surface area contributed by atoms with Crippen molar-refractivity contribution >= 4 is 40.9 Å². The van der Waals surface area contributed by atoms with Crippen molar-refractivity contribution in [2.75, 3.05) is 0 Å². The summed E-state index contributed by atoms with van der Waals surface area (Å²) in [6, 6.07) is 8.69. The molecule has 0 saturated carbocycles. The number of amides is 1. The molecule has 0 radical (unpaired) electrons. The average Bonchev–Trinajstić information content (AvgIpc) is 3.04. The van der Waals surface area contributed by atoms with Crippen molar-refractivity contribution in [3.05, 3.63) is 51.7 Å². The van der Waals surface area contributed by atoms with Gasteiger partial charge in [0.25, 0.3) is 5.91 Å². The molecule has 21 heavy (non-hydrogen) atoms. The summed E-state index contributed by atoms with van der Waals surface area (Å²) in [6.07, 6.45) is 1.64. The van der Waals surface area contributed by atoms with E-state index in [0.717, 1.165) is 0 Å². The summed E-state index contributed by atoms with van der Waals surface area (Å²) in [7, 11) is 0. The first-order valence-electron chi connectivity index (χ1n) is 6.16. The molecule has 1 aromatic carbocycles. The Morgan fingerprint density at radius 1 is 1.24 bits per heavy atom. The molecule has 0 saturated heterocycles. The van der Waals surface area contributed by atoms with Gasteiger partial charge in [0.2, 0.25) is 0 Å². The fourth-order valence-corrected chi connectivity index (χ4v) is 2.38. The maximum atomic E-state index is 11.6. The Labute approximate surface area is 131 Å². The summed E-state index contributed by atoms with van der Waals surface area (Å²) in [4.78, 5) is 11.6. The van der Waals surface area contributed by atoms with E-state index in [9.17, 15) is 4.79 Å². The standard InChI is InChI=1S/C15H10Cl2N2O2/c1-8-11(15(20)19-18-8)7-10-3-5-14(21-10)12-6-9(16)2-4-13(12)17/h2-7H,1H3,(H,19,20). The molecule has 0 fully saturated rings. The van der Waals surface area contributed by atoms with Crippen LogP contribution in [0.3, 0.4) is 0 Å². The van der Waals surface area contributed by atoms with E-state index in [4.69, 9.17) is 27.6 Å². The molecule has 2 aromatic rings. The van der Waals surface area contributed by atoms with Crippen molar-refractivity contribution in [1.82, 2.24) is 5.43 Å². The van der Waals surface area contributed by atoms with E-state index in [0.29, 0.717) is 38.4 Å². The summed E-state index contributed by atoms with van der Waals surface area (Å²) in [5, 5.41) is 4.97. The van der Waals surface area contributed by atoms with Crippen molar-refractivity contribution in [1.29, 1.82) is 0 Å². The van der Waals surface area contributed by atoms with Crippen LogP contribution in [0.5, 0.6) is 0 Å². The Balaban J connectivity index is 1.98. The highest BCUT2D eigenvalue weighted by Gasteiger charge is 2.19. The molecule has 3 rings (SSSR count). The van der Waals surface area contributed by atoms with Crippen LogP contribution in [0, 0.1) is 0 Å². The van der Waals surface area contributed by atoms with Crippen LogP contribution >= 0.6 is 23.2 Å². The highest BCUT2D eigenvalue weighted by Crippen LogP contribution is 2.32. The maximum Gasteiger partial charge on any atom is 0.273 e. The molecule has 1 N–H and O–H groups in total. The topological polar surface area (TPSA) is 54.6 Å². The molecule has 0 spiro atoms. The summed E-state index contributed by atoms with van der Waals surface area (Å²) >= 11 is 12.1. The molecule has 0 bridgehead atoms. The van der Waals surface area contributed by atoms with E-state index < -0.39 is 0 Å². The number of hydrogen-bond donors (Lipinski definition) is 1. The van der Waals surface area contributed by atoms with E-state index in [1.165, 1.54) is 0 Å². The SMILES string of the molecule is CC1=NNC(=O)C1=Cc1ccc(-c2cc(Cl)ccc2Cl)o1. The number of nitrogens with zero attached hydrogens (tertiary/aromatic N) is 1. The highest BCUT2D eigenvalue weighted by molar-refractivity contribution is 6.35. The molecule has 2 heterocycles. The largest absolute Gasteiger partial charge is 0.457 e. The number of hydrazone groups is 1. The second-order valence-electron chi connectivity index (χ2n) is 4.52. The number of halogens is 2. The van der Waals surface area contributed by atoms with Gasteiger partial charge in [0.05, 0.1) is 16.3 Å². The van der Waals surface area contributed by atoms with Crippen LogP contribution in [0.1, 0.15) is 12.7 Å². The first-order valence-corrected chi connectivity index (χ1v) is 6.92. The number of furan rings is 1. The molecule has 1 amide bonds. The quantitative estimate of drug-likeness (QED) is 0.845. The summed E-state index contributed by atoms with van der Waals surface area (Å²) in [6.45, 7) is 1.75. The molecule has 1 aliphatic heterocycles. The molecule has 1 aliphatic rings. The second kappa shape index (κ2) is 5.39. The maximum absolute atomic E-state index is 11.6. The number of hydrogen-bond acceptors (Lipinski definition) is 3. The number of rotatable bonds is 2. The molecule has 0 aliphatic carbocycles. The Hall–Kier alpha value is -2.04. The third-order valence-electron chi connectivity index (χ3n) is 3.07. The van der Waals surface area contributed by atoms with Crippen LogP contribution in [0.2, 0.25) is 10.0 Å². The molecular weight excluding hydrogens is 311 g/mol. The van der Waals surface area contributed by atoms with Crippen molar-refractivity contribution in [3.63, 3.8) is 0 Å². The van der Waals surface area contributed by atoms with Gasteiger partial charge in [-0.15, -0.1) is 0 Å². The monoisotopic (exact) mass is 320 g/mol. The van der Waals surface area contributed by atoms with Crippen LogP contribution in [-0.4, -0.2) is 11.6 Å². The first-order chi connectivity index (χ1) is 10.0.